The number of hydrogen-bond acceptors (Lipinski definition) is 2. The van der Waals surface area contributed by atoms with Crippen molar-refractivity contribution < 1.29 is 23.1 Å². The van der Waals surface area contributed by atoms with Crippen LogP contribution in [0.4, 0.5) is 13.2 Å². The number of benzene rings is 1. The predicted molar refractivity (Wildman–Crippen MR) is 105 cm³/mol. The molecule has 1 aromatic heterocycles. The lowest BCUT2D eigenvalue weighted by atomic mass is 9.74. The second-order valence-electron chi connectivity index (χ2n) is 7.23. The number of nitrogens with zero attached hydrogens (tertiary/aromatic N) is 2. The highest BCUT2D eigenvalue weighted by molar-refractivity contribution is 9.10. The minimum atomic E-state index is -4.77. The van der Waals surface area contributed by atoms with Crippen LogP contribution in [-0.2, 0) is 17.5 Å². The number of aromatic nitrogens is 1. The van der Waals surface area contributed by atoms with E-state index in [1.54, 1.807) is 0 Å². The van der Waals surface area contributed by atoms with Crippen LogP contribution < -0.4 is 0 Å². The summed E-state index contributed by atoms with van der Waals surface area (Å²) < 4.78 is 42.5. The molecule has 0 unspecified atom stereocenters. The average molecular weight is 490 g/mol. The van der Waals surface area contributed by atoms with Gasteiger partial charge in [0.1, 0.15) is 11.8 Å². The van der Waals surface area contributed by atoms with Gasteiger partial charge in [-0.1, -0.05) is 43.0 Å². The maximum atomic E-state index is 14.0. The monoisotopic (exact) mass is 488 g/mol. The lowest BCUT2D eigenvalue weighted by molar-refractivity contribution is -0.155. The summed E-state index contributed by atoms with van der Waals surface area (Å²) in [5, 5.41) is 19.9. The number of carboxylic acids is 1. The van der Waals surface area contributed by atoms with Gasteiger partial charge >= 0.3 is 12.1 Å². The Labute approximate surface area is 179 Å². The third kappa shape index (κ3) is 4.03. The molecule has 1 aliphatic carbocycles. The third-order valence-corrected chi connectivity index (χ3v) is 6.45. The fraction of sp³-hybridized carbons (Fsp3) is 0.400. The van der Waals surface area contributed by atoms with E-state index in [-0.39, 0.29) is 35.1 Å². The van der Waals surface area contributed by atoms with E-state index in [0.29, 0.717) is 23.4 Å². The molecule has 0 spiro atoms. The number of carboxylic acid groups (broad SMARTS) is 1. The van der Waals surface area contributed by atoms with E-state index in [4.69, 9.17) is 11.6 Å². The molecule has 0 saturated heterocycles. The topological polar surface area (TPSA) is 66.0 Å². The van der Waals surface area contributed by atoms with Gasteiger partial charge in [-0.3, -0.25) is 4.79 Å². The fourth-order valence-electron chi connectivity index (χ4n) is 4.00. The highest BCUT2D eigenvalue weighted by Crippen LogP contribution is 2.47. The predicted octanol–water partition coefficient (Wildman–Crippen LogP) is 6.50. The van der Waals surface area contributed by atoms with E-state index in [1.165, 1.54) is 24.3 Å². The molecule has 0 aliphatic heterocycles. The summed E-state index contributed by atoms with van der Waals surface area (Å²) >= 11 is 8.85. The number of hydrogen-bond donors (Lipinski definition) is 1. The molecule has 1 heterocycles. The Morgan fingerprint density at radius 3 is 2.31 bits per heavy atom. The molecule has 0 atom stereocenters. The van der Waals surface area contributed by atoms with Gasteiger partial charge in [-0.05, 0) is 46.5 Å². The number of rotatable bonds is 4. The van der Waals surface area contributed by atoms with Gasteiger partial charge in [-0.2, -0.15) is 18.4 Å². The van der Waals surface area contributed by atoms with Gasteiger partial charge in [0.15, 0.2) is 0 Å². The second-order valence-corrected chi connectivity index (χ2v) is 8.46. The van der Waals surface area contributed by atoms with E-state index >= 15 is 0 Å². The van der Waals surface area contributed by atoms with Crippen molar-refractivity contribution in [1.29, 1.82) is 5.26 Å². The first-order valence-corrected chi connectivity index (χ1v) is 10.2. The molecule has 0 radical (unpaired) electrons. The van der Waals surface area contributed by atoms with Crippen LogP contribution in [0, 0.1) is 16.7 Å². The van der Waals surface area contributed by atoms with Gasteiger partial charge in [-0.25, -0.2) is 0 Å². The summed E-state index contributed by atoms with van der Waals surface area (Å²) in [6.07, 6.45) is -2.07. The normalized spacial score (nSPS) is 16.4. The fourth-order valence-corrected chi connectivity index (χ4v) is 4.85. The van der Waals surface area contributed by atoms with Crippen molar-refractivity contribution >= 4 is 33.5 Å². The first-order chi connectivity index (χ1) is 13.6. The molecule has 29 heavy (non-hydrogen) atoms. The Kier molecular flexibility index (Phi) is 6.02. The van der Waals surface area contributed by atoms with Gasteiger partial charge in [-0.15, -0.1) is 0 Å². The Hall–Kier alpha value is -1.98. The Bertz CT molecular complexity index is 972. The van der Waals surface area contributed by atoms with Crippen molar-refractivity contribution in [2.75, 3.05) is 0 Å². The zero-order valence-electron chi connectivity index (χ0n) is 15.2. The van der Waals surface area contributed by atoms with E-state index in [2.05, 4.69) is 15.9 Å². The molecule has 3 rings (SSSR count). The number of alkyl halides is 3. The van der Waals surface area contributed by atoms with Gasteiger partial charge in [0.2, 0.25) is 0 Å². The smallest absolute Gasteiger partial charge is 0.432 e. The molecule has 9 heteroatoms. The van der Waals surface area contributed by atoms with Gasteiger partial charge in [0, 0.05) is 11.6 Å². The van der Waals surface area contributed by atoms with Crippen molar-refractivity contribution in [1.82, 2.24) is 4.57 Å². The largest absolute Gasteiger partial charge is 0.481 e. The lowest BCUT2D eigenvalue weighted by Crippen LogP contribution is -2.38. The standard InChI is InChI=1S/C20H17BrClF3N2O2/c21-15-14(10-26)16(12-4-6-13(22)7-5-12)27(17(15)20(23,24)25)11-19(18(28)29)8-2-1-3-9-19/h4-7H,1-3,8-9,11H2,(H,28,29). The zero-order valence-corrected chi connectivity index (χ0v) is 17.5. The summed E-state index contributed by atoms with van der Waals surface area (Å²) in [7, 11) is 0. The molecule has 1 aromatic carbocycles. The molecule has 1 fully saturated rings. The van der Waals surface area contributed by atoms with Gasteiger partial charge in [0.25, 0.3) is 0 Å². The van der Waals surface area contributed by atoms with Crippen molar-refractivity contribution in [2.45, 2.75) is 44.8 Å². The second kappa shape index (κ2) is 8.04. The summed E-state index contributed by atoms with van der Waals surface area (Å²) in [4.78, 5) is 12.1. The van der Waals surface area contributed by atoms with E-state index in [9.17, 15) is 28.3 Å². The highest BCUT2D eigenvalue weighted by atomic mass is 79.9. The Balaban J connectivity index is 2.29. The quantitative estimate of drug-likeness (QED) is 0.533. The SMILES string of the molecule is N#Cc1c(Br)c(C(F)(F)F)n(CC2(C(=O)O)CCCCC2)c1-c1ccc(Cl)cc1. The molecule has 0 bridgehead atoms. The minimum Gasteiger partial charge on any atom is -0.481 e. The van der Waals surface area contributed by atoms with E-state index < -0.39 is 23.3 Å². The van der Waals surface area contributed by atoms with Crippen LogP contribution in [0.25, 0.3) is 11.3 Å². The molecule has 0 amide bonds. The van der Waals surface area contributed by atoms with Gasteiger partial charge in [0.05, 0.1) is 21.1 Å². The van der Waals surface area contributed by atoms with Crippen LogP contribution in [0.1, 0.15) is 43.4 Å². The van der Waals surface area contributed by atoms with Crippen molar-refractivity contribution in [3.63, 3.8) is 0 Å². The minimum absolute atomic E-state index is 0.0366. The lowest BCUT2D eigenvalue weighted by Gasteiger charge is -2.35. The highest BCUT2D eigenvalue weighted by Gasteiger charge is 2.46. The van der Waals surface area contributed by atoms with Crippen LogP contribution in [0.3, 0.4) is 0 Å². The Morgan fingerprint density at radius 1 is 1.24 bits per heavy atom. The number of halogens is 5. The number of aliphatic carboxylic acids is 1. The first kappa shape index (κ1) is 21.7. The molecule has 1 N–H and O–H groups in total. The maximum absolute atomic E-state index is 14.0. The molecule has 1 aliphatic rings. The summed E-state index contributed by atoms with van der Waals surface area (Å²) in [5.41, 5.74) is -2.15. The molecule has 154 valence electrons. The van der Waals surface area contributed by atoms with Crippen LogP contribution >= 0.6 is 27.5 Å². The number of carbonyl (C=O) groups is 1. The molecule has 2 aromatic rings. The van der Waals surface area contributed by atoms with Crippen molar-refractivity contribution in [3.05, 3.63) is 45.0 Å². The van der Waals surface area contributed by atoms with E-state index in [1.807, 2.05) is 6.07 Å². The zero-order chi connectivity index (χ0) is 21.4. The first-order valence-electron chi connectivity index (χ1n) is 8.99. The Morgan fingerprint density at radius 2 is 1.83 bits per heavy atom. The van der Waals surface area contributed by atoms with E-state index in [0.717, 1.165) is 11.0 Å². The summed E-state index contributed by atoms with van der Waals surface area (Å²) in [6, 6.07) is 7.92. The average Bonchev–Trinajstić information content (AvgIpc) is 2.94. The van der Waals surface area contributed by atoms with Crippen molar-refractivity contribution in [3.8, 4) is 17.3 Å². The van der Waals surface area contributed by atoms with Crippen LogP contribution in [0.15, 0.2) is 28.7 Å². The molecule has 1 saturated carbocycles. The third-order valence-electron chi connectivity index (χ3n) is 5.43. The summed E-state index contributed by atoms with van der Waals surface area (Å²) in [5.74, 6) is -1.12. The van der Waals surface area contributed by atoms with Crippen molar-refractivity contribution in [2.24, 2.45) is 5.41 Å². The molecular formula is C20H17BrClF3N2O2. The van der Waals surface area contributed by atoms with Crippen LogP contribution in [0.5, 0.6) is 0 Å². The molecule has 4 nitrogen and oxygen atoms in total. The van der Waals surface area contributed by atoms with Crippen LogP contribution in [-0.4, -0.2) is 15.6 Å². The molecular weight excluding hydrogens is 473 g/mol. The van der Waals surface area contributed by atoms with Crippen LogP contribution in [0.2, 0.25) is 5.02 Å². The van der Waals surface area contributed by atoms with Gasteiger partial charge < -0.3 is 9.67 Å². The number of nitriles is 1. The summed E-state index contributed by atoms with van der Waals surface area (Å²) in [6.45, 7) is -0.366. The maximum Gasteiger partial charge on any atom is 0.432 e.